The van der Waals surface area contributed by atoms with Crippen LogP contribution in [0.2, 0.25) is 5.02 Å². The third-order valence-corrected chi connectivity index (χ3v) is 6.13. The molecule has 0 aliphatic heterocycles. The van der Waals surface area contributed by atoms with Crippen LogP contribution in [0, 0.1) is 5.82 Å². The third kappa shape index (κ3) is 4.11. The second-order valence-electron chi connectivity index (χ2n) is 6.74. The molecule has 3 aromatic carbocycles. The highest BCUT2D eigenvalue weighted by atomic mass is 35.5. The molecule has 0 amide bonds. The van der Waals surface area contributed by atoms with Gasteiger partial charge in [0.1, 0.15) is 0 Å². The lowest BCUT2D eigenvalue weighted by Crippen LogP contribution is -2.08. The lowest BCUT2D eigenvalue weighted by atomic mass is 10.1. The molecule has 1 heterocycles. The van der Waals surface area contributed by atoms with Crippen LogP contribution >= 0.6 is 23.4 Å². The maximum atomic E-state index is 14.0. The van der Waals surface area contributed by atoms with Crippen molar-refractivity contribution in [3.05, 3.63) is 88.7 Å². The summed E-state index contributed by atoms with van der Waals surface area (Å²) < 4.78 is 21.3. The zero-order valence-electron chi connectivity index (χ0n) is 16.1. The van der Waals surface area contributed by atoms with E-state index >= 15 is 0 Å². The zero-order valence-corrected chi connectivity index (χ0v) is 17.7. The molecule has 0 radical (unpaired) electrons. The van der Waals surface area contributed by atoms with E-state index in [1.54, 1.807) is 17.8 Å². The van der Waals surface area contributed by atoms with Gasteiger partial charge in [-0.15, -0.1) is 0 Å². The van der Waals surface area contributed by atoms with Crippen LogP contribution in [-0.2, 0) is 5.75 Å². The van der Waals surface area contributed by atoms with Gasteiger partial charge >= 0.3 is 0 Å². The van der Waals surface area contributed by atoms with Crippen molar-refractivity contribution in [1.29, 1.82) is 0 Å². The number of imidazole rings is 1. The average Bonchev–Trinajstić information content (AvgIpc) is 3.09. The molecule has 0 spiro atoms. The number of hydrogen-bond acceptors (Lipinski definition) is 3. The highest BCUT2D eigenvalue weighted by Gasteiger charge is 2.18. The van der Waals surface area contributed by atoms with Crippen molar-refractivity contribution in [1.82, 2.24) is 9.55 Å². The van der Waals surface area contributed by atoms with E-state index in [1.807, 2.05) is 42.5 Å². The van der Waals surface area contributed by atoms with E-state index in [9.17, 15) is 4.39 Å². The van der Waals surface area contributed by atoms with Gasteiger partial charge in [-0.2, -0.15) is 0 Å². The first-order valence-electron chi connectivity index (χ1n) is 9.24. The Labute approximate surface area is 178 Å². The van der Waals surface area contributed by atoms with Gasteiger partial charge in [-0.25, -0.2) is 9.37 Å². The predicted octanol–water partition coefficient (Wildman–Crippen LogP) is 6.74. The van der Waals surface area contributed by atoms with E-state index < -0.39 is 0 Å². The predicted molar refractivity (Wildman–Crippen MR) is 118 cm³/mol. The van der Waals surface area contributed by atoms with Gasteiger partial charge in [-0.3, -0.25) is 0 Å². The molecule has 29 heavy (non-hydrogen) atoms. The standard InChI is InChI=1S/C23H20ClFN2OS/c1-15(17-6-4-3-5-7-17)27-21-10-9-18(24)13-20(21)26-23(27)29-14-16-8-11-22(28-2)19(25)12-16/h3-13,15H,14H2,1-2H3/t15-/m1/s1. The SMILES string of the molecule is COc1ccc(CSc2nc3cc(Cl)ccc3n2[C@H](C)c2ccccc2)cc1F. The second kappa shape index (κ2) is 8.47. The lowest BCUT2D eigenvalue weighted by molar-refractivity contribution is 0.386. The fourth-order valence-corrected chi connectivity index (χ4v) is 4.55. The first-order chi connectivity index (χ1) is 14.1. The molecule has 4 rings (SSSR count). The number of hydrogen-bond donors (Lipinski definition) is 0. The van der Waals surface area contributed by atoms with Crippen molar-refractivity contribution in [2.75, 3.05) is 7.11 Å². The Morgan fingerprint density at radius 3 is 2.62 bits per heavy atom. The summed E-state index contributed by atoms with van der Waals surface area (Å²) in [5.74, 6) is 0.487. The monoisotopic (exact) mass is 426 g/mol. The lowest BCUT2D eigenvalue weighted by Gasteiger charge is -2.18. The van der Waals surface area contributed by atoms with Gasteiger partial charge in [-0.05, 0) is 48.4 Å². The van der Waals surface area contributed by atoms with Crippen LogP contribution in [0.25, 0.3) is 11.0 Å². The molecule has 0 saturated carbocycles. The molecule has 0 unspecified atom stereocenters. The Bertz CT molecular complexity index is 1150. The molecular weight excluding hydrogens is 407 g/mol. The summed E-state index contributed by atoms with van der Waals surface area (Å²) >= 11 is 7.76. The molecule has 0 aliphatic carbocycles. The normalized spacial score (nSPS) is 12.3. The molecule has 4 aromatic rings. The summed E-state index contributed by atoms with van der Waals surface area (Å²) in [7, 11) is 1.46. The van der Waals surface area contributed by atoms with Crippen molar-refractivity contribution in [2.24, 2.45) is 0 Å². The number of aromatic nitrogens is 2. The molecular formula is C23H20ClFN2OS. The topological polar surface area (TPSA) is 27.1 Å². The van der Waals surface area contributed by atoms with E-state index in [2.05, 4.69) is 23.6 Å². The van der Waals surface area contributed by atoms with Crippen LogP contribution in [-0.4, -0.2) is 16.7 Å². The second-order valence-corrected chi connectivity index (χ2v) is 8.12. The van der Waals surface area contributed by atoms with Crippen LogP contribution in [0.15, 0.2) is 71.9 Å². The van der Waals surface area contributed by atoms with Crippen LogP contribution in [0.5, 0.6) is 5.75 Å². The van der Waals surface area contributed by atoms with Crippen molar-refractivity contribution in [3.8, 4) is 5.75 Å². The number of thioether (sulfide) groups is 1. The number of nitrogens with zero attached hydrogens (tertiary/aromatic N) is 2. The van der Waals surface area contributed by atoms with E-state index in [0.717, 1.165) is 21.8 Å². The van der Waals surface area contributed by atoms with E-state index in [4.69, 9.17) is 21.3 Å². The smallest absolute Gasteiger partial charge is 0.169 e. The first kappa shape index (κ1) is 19.8. The maximum absolute atomic E-state index is 14.0. The molecule has 0 fully saturated rings. The van der Waals surface area contributed by atoms with E-state index in [-0.39, 0.29) is 17.6 Å². The Morgan fingerprint density at radius 2 is 1.90 bits per heavy atom. The maximum Gasteiger partial charge on any atom is 0.169 e. The summed E-state index contributed by atoms with van der Waals surface area (Å²) in [4.78, 5) is 4.81. The fraction of sp³-hybridized carbons (Fsp3) is 0.174. The zero-order chi connectivity index (χ0) is 20.4. The highest BCUT2D eigenvalue weighted by Crippen LogP contribution is 2.34. The van der Waals surface area contributed by atoms with Gasteiger partial charge in [0, 0.05) is 10.8 Å². The van der Waals surface area contributed by atoms with Crippen LogP contribution in [0.3, 0.4) is 0 Å². The molecule has 6 heteroatoms. The fourth-order valence-electron chi connectivity index (χ4n) is 3.35. The number of halogens is 2. The first-order valence-corrected chi connectivity index (χ1v) is 10.6. The summed E-state index contributed by atoms with van der Waals surface area (Å²) in [5.41, 5.74) is 3.94. The van der Waals surface area contributed by atoms with E-state index in [0.29, 0.717) is 10.8 Å². The van der Waals surface area contributed by atoms with E-state index in [1.165, 1.54) is 18.7 Å². The van der Waals surface area contributed by atoms with Crippen molar-refractivity contribution < 1.29 is 9.13 Å². The molecule has 1 atom stereocenters. The minimum atomic E-state index is -0.358. The van der Waals surface area contributed by atoms with Crippen molar-refractivity contribution in [3.63, 3.8) is 0 Å². The number of fused-ring (bicyclic) bond motifs is 1. The Hall–Kier alpha value is -2.50. The average molecular weight is 427 g/mol. The van der Waals surface area contributed by atoms with Gasteiger partial charge in [0.2, 0.25) is 0 Å². The third-order valence-electron chi connectivity index (χ3n) is 4.87. The van der Waals surface area contributed by atoms with Crippen LogP contribution < -0.4 is 4.74 Å². The number of ether oxygens (including phenoxy) is 1. The minimum absolute atomic E-state index is 0.0949. The summed E-state index contributed by atoms with van der Waals surface area (Å²) in [6.07, 6.45) is 0. The molecule has 1 aromatic heterocycles. The van der Waals surface area contributed by atoms with Gasteiger partial charge in [0.15, 0.2) is 16.7 Å². The van der Waals surface area contributed by atoms with Gasteiger partial charge in [0.05, 0.1) is 24.2 Å². The minimum Gasteiger partial charge on any atom is -0.494 e. The molecule has 3 nitrogen and oxygen atoms in total. The molecule has 0 aliphatic rings. The summed E-state index contributed by atoms with van der Waals surface area (Å²) in [6, 6.07) is 21.2. The summed E-state index contributed by atoms with van der Waals surface area (Å²) in [6.45, 7) is 2.15. The Balaban J connectivity index is 1.70. The van der Waals surface area contributed by atoms with Gasteiger partial charge in [-0.1, -0.05) is 59.8 Å². The quantitative estimate of drug-likeness (QED) is 0.319. The molecule has 148 valence electrons. The highest BCUT2D eigenvalue weighted by molar-refractivity contribution is 7.98. The van der Waals surface area contributed by atoms with Gasteiger partial charge in [0.25, 0.3) is 0 Å². The number of methoxy groups -OCH3 is 1. The molecule has 0 N–H and O–H groups in total. The van der Waals surface area contributed by atoms with Gasteiger partial charge < -0.3 is 9.30 Å². The Kier molecular flexibility index (Phi) is 5.79. The van der Waals surface area contributed by atoms with Crippen LogP contribution in [0.1, 0.15) is 24.1 Å². The largest absolute Gasteiger partial charge is 0.494 e. The molecule has 0 bridgehead atoms. The summed E-state index contributed by atoms with van der Waals surface area (Å²) in [5, 5.41) is 1.53. The van der Waals surface area contributed by atoms with Crippen molar-refractivity contribution >= 4 is 34.4 Å². The number of benzene rings is 3. The van der Waals surface area contributed by atoms with Crippen LogP contribution in [0.4, 0.5) is 4.39 Å². The Morgan fingerprint density at radius 1 is 1.10 bits per heavy atom. The number of rotatable bonds is 6. The van der Waals surface area contributed by atoms with Crippen molar-refractivity contribution in [2.45, 2.75) is 23.9 Å². The molecule has 0 saturated heterocycles.